The average Bonchev–Trinajstić information content (AvgIpc) is 2.85. The third-order valence-corrected chi connectivity index (χ3v) is 5.56. The molecule has 7 nitrogen and oxygen atoms in total. The number of carbonyl (C=O) groups excluding carboxylic acids is 1. The normalized spacial score (nSPS) is 39.2. The number of esters is 1. The van der Waals surface area contributed by atoms with E-state index >= 15 is 0 Å². The zero-order valence-corrected chi connectivity index (χ0v) is 13.0. The first-order chi connectivity index (χ1) is 10.5. The Labute approximate surface area is 129 Å². The van der Waals surface area contributed by atoms with E-state index in [1.54, 1.807) is 11.7 Å². The first-order valence-corrected chi connectivity index (χ1v) is 8.24. The maximum absolute atomic E-state index is 11.6. The molecule has 4 saturated carbocycles. The van der Waals surface area contributed by atoms with Gasteiger partial charge in [-0.2, -0.15) is 4.80 Å². The molecule has 0 amide bonds. The Hall–Kier alpha value is -1.50. The van der Waals surface area contributed by atoms with Crippen molar-refractivity contribution in [2.75, 3.05) is 6.61 Å². The Kier molecular flexibility index (Phi) is 3.04. The van der Waals surface area contributed by atoms with Gasteiger partial charge >= 0.3 is 5.97 Å². The number of nitrogens with two attached hydrogens (primary N) is 1. The molecule has 5 rings (SSSR count). The van der Waals surface area contributed by atoms with Crippen LogP contribution in [-0.4, -0.2) is 38.3 Å². The summed E-state index contributed by atoms with van der Waals surface area (Å²) in [5.41, 5.74) is 6.47. The van der Waals surface area contributed by atoms with Gasteiger partial charge in [-0.3, -0.25) is 4.79 Å². The zero-order chi connectivity index (χ0) is 15.4. The predicted octanol–water partition coefficient (Wildman–Crippen LogP) is 0.785. The lowest BCUT2D eigenvalue weighted by Crippen LogP contribution is -2.63. The molecule has 4 bridgehead atoms. The Morgan fingerprint density at radius 1 is 1.36 bits per heavy atom. The molecule has 4 fully saturated rings. The highest BCUT2D eigenvalue weighted by Crippen LogP contribution is 2.59. The highest BCUT2D eigenvalue weighted by Gasteiger charge is 2.58. The first-order valence-electron chi connectivity index (χ1n) is 8.24. The summed E-state index contributed by atoms with van der Waals surface area (Å²) in [6.45, 7) is 2.16. The average molecular weight is 305 g/mol. The molecule has 2 atom stereocenters. The predicted molar refractivity (Wildman–Crippen MR) is 77.7 cm³/mol. The molecular weight excluding hydrogens is 282 g/mol. The number of nitrogens with zero attached hydrogens (tertiary/aromatic N) is 4. The fourth-order valence-corrected chi connectivity index (χ4v) is 5.37. The molecule has 2 unspecified atom stereocenters. The molecule has 0 spiro atoms. The molecule has 0 radical (unpaired) electrons. The quantitative estimate of drug-likeness (QED) is 0.826. The van der Waals surface area contributed by atoms with Gasteiger partial charge in [0.25, 0.3) is 0 Å². The number of tetrazole rings is 1. The van der Waals surface area contributed by atoms with Crippen molar-refractivity contribution < 1.29 is 9.53 Å². The largest absolute Gasteiger partial charge is 0.466 e. The van der Waals surface area contributed by atoms with E-state index in [9.17, 15) is 4.79 Å². The molecular formula is C15H23N5O2. The fraction of sp³-hybridized carbons (Fsp3) is 0.867. The third kappa shape index (κ3) is 2.22. The van der Waals surface area contributed by atoms with Crippen LogP contribution in [0.4, 0.5) is 0 Å². The van der Waals surface area contributed by atoms with E-state index in [4.69, 9.17) is 10.5 Å². The minimum absolute atomic E-state index is 0.0565. The number of carbonyl (C=O) groups is 1. The van der Waals surface area contributed by atoms with Crippen molar-refractivity contribution in [2.24, 2.45) is 17.6 Å². The maximum Gasteiger partial charge on any atom is 0.313 e. The molecule has 22 heavy (non-hydrogen) atoms. The highest BCUT2D eigenvalue weighted by atomic mass is 16.5. The van der Waals surface area contributed by atoms with Crippen molar-refractivity contribution in [3.8, 4) is 0 Å². The lowest BCUT2D eigenvalue weighted by molar-refractivity contribution is -0.142. The van der Waals surface area contributed by atoms with Gasteiger partial charge in [-0.25, -0.2) is 0 Å². The second-order valence-electron chi connectivity index (χ2n) is 7.52. The zero-order valence-electron chi connectivity index (χ0n) is 13.0. The van der Waals surface area contributed by atoms with Gasteiger partial charge in [-0.1, -0.05) is 0 Å². The Morgan fingerprint density at radius 3 is 2.73 bits per heavy atom. The van der Waals surface area contributed by atoms with Gasteiger partial charge in [0.15, 0.2) is 5.82 Å². The Bertz CT molecular complexity index is 585. The minimum atomic E-state index is -0.303. The molecule has 120 valence electrons. The summed E-state index contributed by atoms with van der Waals surface area (Å²) in [4.78, 5) is 13.3. The molecule has 2 N–H and O–H groups in total. The minimum Gasteiger partial charge on any atom is -0.466 e. The van der Waals surface area contributed by atoms with E-state index in [-0.39, 0.29) is 23.5 Å². The van der Waals surface area contributed by atoms with Gasteiger partial charge in [0, 0.05) is 5.54 Å². The van der Waals surface area contributed by atoms with Crippen LogP contribution in [-0.2, 0) is 21.5 Å². The molecule has 4 aliphatic rings. The maximum atomic E-state index is 11.6. The van der Waals surface area contributed by atoms with Crippen molar-refractivity contribution >= 4 is 5.97 Å². The van der Waals surface area contributed by atoms with Crippen LogP contribution in [0.5, 0.6) is 0 Å². The Balaban J connectivity index is 1.57. The third-order valence-electron chi connectivity index (χ3n) is 5.56. The number of hydrogen-bond acceptors (Lipinski definition) is 6. The van der Waals surface area contributed by atoms with Crippen LogP contribution in [0, 0.1) is 11.8 Å². The smallest absolute Gasteiger partial charge is 0.313 e. The molecule has 0 aromatic carbocycles. The molecule has 7 heteroatoms. The molecule has 0 aliphatic heterocycles. The van der Waals surface area contributed by atoms with Crippen LogP contribution < -0.4 is 5.73 Å². The van der Waals surface area contributed by atoms with Crippen LogP contribution in [0.3, 0.4) is 0 Å². The highest BCUT2D eigenvalue weighted by molar-refractivity contribution is 5.71. The van der Waals surface area contributed by atoms with E-state index in [0.717, 1.165) is 32.1 Å². The summed E-state index contributed by atoms with van der Waals surface area (Å²) in [6, 6.07) is 0. The lowest BCUT2D eigenvalue weighted by Gasteiger charge is -2.59. The second-order valence-corrected chi connectivity index (χ2v) is 7.52. The van der Waals surface area contributed by atoms with Gasteiger partial charge < -0.3 is 10.5 Å². The van der Waals surface area contributed by atoms with E-state index in [1.165, 1.54) is 6.42 Å². The summed E-state index contributed by atoms with van der Waals surface area (Å²) in [6.07, 6.45) is 6.78. The number of ether oxygens (including phenoxy) is 1. The van der Waals surface area contributed by atoms with Crippen molar-refractivity contribution in [1.82, 2.24) is 20.2 Å². The van der Waals surface area contributed by atoms with Gasteiger partial charge in [-0.15, -0.1) is 10.2 Å². The first kappa shape index (κ1) is 14.1. The SMILES string of the molecule is CCOC(=O)Cc1nnn(C23CC4CC(CC(N)(C4)C2)C3)n1. The topological polar surface area (TPSA) is 95.9 Å². The van der Waals surface area contributed by atoms with E-state index in [1.807, 2.05) is 0 Å². The lowest BCUT2D eigenvalue weighted by atomic mass is 9.50. The van der Waals surface area contributed by atoms with Crippen molar-refractivity contribution in [3.05, 3.63) is 5.82 Å². The van der Waals surface area contributed by atoms with Crippen molar-refractivity contribution in [3.63, 3.8) is 0 Å². The molecule has 1 heterocycles. The molecule has 1 aromatic heterocycles. The van der Waals surface area contributed by atoms with E-state index in [0.29, 0.717) is 24.3 Å². The number of aromatic nitrogens is 4. The van der Waals surface area contributed by atoms with Crippen LogP contribution in [0.15, 0.2) is 0 Å². The second kappa shape index (κ2) is 4.75. The van der Waals surface area contributed by atoms with Crippen LogP contribution in [0.1, 0.15) is 51.3 Å². The van der Waals surface area contributed by atoms with Gasteiger partial charge in [-0.05, 0) is 62.5 Å². The fourth-order valence-electron chi connectivity index (χ4n) is 5.37. The van der Waals surface area contributed by atoms with Gasteiger partial charge in [0.05, 0.1) is 12.1 Å². The molecule has 1 aromatic rings. The summed E-state index contributed by atoms with van der Waals surface area (Å²) in [5, 5.41) is 12.8. The van der Waals surface area contributed by atoms with Crippen LogP contribution >= 0.6 is 0 Å². The van der Waals surface area contributed by atoms with Crippen LogP contribution in [0.25, 0.3) is 0 Å². The summed E-state index contributed by atoms with van der Waals surface area (Å²) in [5.74, 6) is 1.51. The summed E-state index contributed by atoms with van der Waals surface area (Å²) >= 11 is 0. The summed E-state index contributed by atoms with van der Waals surface area (Å²) in [7, 11) is 0. The molecule has 0 saturated heterocycles. The van der Waals surface area contributed by atoms with Gasteiger partial charge in [0.2, 0.25) is 0 Å². The van der Waals surface area contributed by atoms with Crippen LogP contribution in [0.2, 0.25) is 0 Å². The summed E-state index contributed by atoms with van der Waals surface area (Å²) < 4.78 is 4.94. The molecule has 4 aliphatic carbocycles. The van der Waals surface area contributed by atoms with Crippen molar-refractivity contribution in [1.29, 1.82) is 0 Å². The van der Waals surface area contributed by atoms with Gasteiger partial charge in [0.1, 0.15) is 6.42 Å². The standard InChI is InChI=1S/C15H23N5O2/c1-2-22-13(21)4-12-17-19-20(18-12)15-7-10-3-11(8-15)6-14(16,5-10)9-15/h10-11H,2-9,16H2,1H3. The number of hydrogen-bond donors (Lipinski definition) is 1. The van der Waals surface area contributed by atoms with E-state index in [2.05, 4.69) is 15.4 Å². The Morgan fingerprint density at radius 2 is 2.09 bits per heavy atom. The number of rotatable bonds is 4. The van der Waals surface area contributed by atoms with E-state index < -0.39 is 0 Å². The van der Waals surface area contributed by atoms with Crippen molar-refractivity contribution in [2.45, 2.75) is 62.9 Å². The monoisotopic (exact) mass is 305 g/mol.